The highest BCUT2D eigenvalue weighted by atomic mass is 79.9. The van der Waals surface area contributed by atoms with Crippen molar-refractivity contribution < 1.29 is 0 Å². The summed E-state index contributed by atoms with van der Waals surface area (Å²) in [6.45, 7) is 4.02. The third-order valence-electron chi connectivity index (χ3n) is 2.53. The van der Waals surface area contributed by atoms with Crippen LogP contribution in [-0.4, -0.2) is 9.97 Å². The van der Waals surface area contributed by atoms with Crippen molar-refractivity contribution in [3.05, 3.63) is 49.3 Å². The van der Waals surface area contributed by atoms with Crippen LogP contribution >= 0.6 is 31.9 Å². The number of halogens is 2. The third-order valence-corrected chi connectivity index (χ3v) is 3.79. The van der Waals surface area contributed by atoms with Crippen LogP contribution in [-0.2, 0) is 0 Å². The van der Waals surface area contributed by atoms with Gasteiger partial charge < -0.3 is 4.98 Å². The summed E-state index contributed by atoms with van der Waals surface area (Å²) >= 11 is 6.70. The molecule has 18 heavy (non-hydrogen) atoms. The van der Waals surface area contributed by atoms with E-state index in [1.165, 1.54) is 0 Å². The smallest absolute Gasteiger partial charge is 0.265 e. The third kappa shape index (κ3) is 2.72. The summed E-state index contributed by atoms with van der Waals surface area (Å²) in [5, 5.41) is 0. The van der Waals surface area contributed by atoms with E-state index in [1.54, 1.807) is 0 Å². The van der Waals surface area contributed by atoms with E-state index >= 15 is 0 Å². The minimum atomic E-state index is -0.149. The molecule has 0 saturated heterocycles. The zero-order valence-electron chi connectivity index (χ0n) is 10.00. The Labute approximate surface area is 122 Å². The van der Waals surface area contributed by atoms with E-state index in [0.29, 0.717) is 10.3 Å². The Balaban J connectivity index is 2.63. The number of hydrogen-bond acceptors (Lipinski definition) is 2. The summed E-state index contributed by atoms with van der Waals surface area (Å²) in [7, 11) is 0. The molecule has 0 fully saturated rings. The van der Waals surface area contributed by atoms with Crippen LogP contribution in [0.3, 0.4) is 0 Å². The van der Waals surface area contributed by atoms with E-state index in [2.05, 4.69) is 41.8 Å². The molecule has 0 aliphatic rings. The van der Waals surface area contributed by atoms with Gasteiger partial charge >= 0.3 is 0 Å². The molecule has 0 atom stereocenters. The zero-order chi connectivity index (χ0) is 13.3. The van der Waals surface area contributed by atoms with Gasteiger partial charge in [-0.2, -0.15) is 0 Å². The van der Waals surface area contributed by atoms with Gasteiger partial charge in [0.05, 0.1) is 5.69 Å². The van der Waals surface area contributed by atoms with Gasteiger partial charge in [0.15, 0.2) is 0 Å². The van der Waals surface area contributed by atoms with Gasteiger partial charge in [-0.15, -0.1) is 0 Å². The molecule has 1 aromatic carbocycles. The summed E-state index contributed by atoms with van der Waals surface area (Å²) in [5.74, 6) is 0.778. The minimum Gasteiger partial charge on any atom is -0.306 e. The van der Waals surface area contributed by atoms with Crippen molar-refractivity contribution >= 4 is 31.9 Å². The highest BCUT2D eigenvalue weighted by Gasteiger charge is 2.13. The van der Waals surface area contributed by atoms with Crippen LogP contribution in [0.1, 0.15) is 25.5 Å². The average molecular weight is 372 g/mol. The molecule has 0 spiro atoms. The van der Waals surface area contributed by atoms with Gasteiger partial charge in [-0.1, -0.05) is 41.9 Å². The molecule has 1 N–H and O–H groups in total. The molecule has 0 saturated carbocycles. The van der Waals surface area contributed by atoms with Gasteiger partial charge in [0, 0.05) is 10.0 Å². The molecule has 5 heteroatoms. The van der Waals surface area contributed by atoms with Gasteiger partial charge in [0.1, 0.15) is 10.3 Å². The Bertz CT molecular complexity index is 635. The summed E-state index contributed by atoms with van der Waals surface area (Å²) in [6, 6.07) is 7.69. The van der Waals surface area contributed by atoms with Crippen molar-refractivity contribution in [1.29, 1.82) is 0 Å². The molecular formula is C13H12Br2N2O. The fraction of sp³-hybridized carbons (Fsp3) is 0.231. The van der Waals surface area contributed by atoms with E-state index in [0.717, 1.165) is 15.7 Å². The SMILES string of the molecule is CC(C)c1nc(-c2cccc(Br)c2)[nH]c(=O)c1Br. The maximum atomic E-state index is 11.9. The van der Waals surface area contributed by atoms with Crippen molar-refractivity contribution in [1.82, 2.24) is 9.97 Å². The molecule has 0 bridgehead atoms. The number of aromatic amines is 1. The summed E-state index contributed by atoms with van der Waals surface area (Å²) in [4.78, 5) is 19.2. The highest BCUT2D eigenvalue weighted by molar-refractivity contribution is 9.10. The number of benzene rings is 1. The molecule has 0 unspecified atom stereocenters. The van der Waals surface area contributed by atoms with Crippen LogP contribution in [0.15, 0.2) is 38.0 Å². The minimum absolute atomic E-state index is 0.149. The lowest BCUT2D eigenvalue weighted by atomic mass is 10.1. The summed E-state index contributed by atoms with van der Waals surface area (Å²) in [5.41, 5.74) is 1.51. The molecule has 2 aromatic rings. The first kappa shape index (κ1) is 13.5. The number of rotatable bonds is 2. The molecule has 0 radical (unpaired) electrons. The molecule has 2 rings (SSSR count). The zero-order valence-corrected chi connectivity index (χ0v) is 13.2. The maximum absolute atomic E-state index is 11.9. The Morgan fingerprint density at radius 3 is 2.61 bits per heavy atom. The van der Waals surface area contributed by atoms with E-state index in [1.807, 2.05) is 38.1 Å². The maximum Gasteiger partial charge on any atom is 0.265 e. The largest absolute Gasteiger partial charge is 0.306 e. The summed E-state index contributed by atoms with van der Waals surface area (Å²) in [6.07, 6.45) is 0. The average Bonchev–Trinajstić information content (AvgIpc) is 2.32. The molecule has 1 heterocycles. The fourth-order valence-corrected chi connectivity index (χ4v) is 2.68. The number of aromatic nitrogens is 2. The molecule has 1 aromatic heterocycles. The van der Waals surface area contributed by atoms with E-state index < -0.39 is 0 Å². The van der Waals surface area contributed by atoms with E-state index in [-0.39, 0.29) is 11.5 Å². The predicted octanol–water partition coefficient (Wildman–Crippen LogP) is 4.09. The standard InChI is InChI=1S/C13H12Br2N2O/c1-7(2)11-10(15)13(18)17-12(16-11)8-4-3-5-9(14)6-8/h3-7H,1-2H3,(H,16,17,18). The van der Waals surface area contributed by atoms with Crippen LogP contribution in [0.4, 0.5) is 0 Å². The Morgan fingerprint density at radius 1 is 1.28 bits per heavy atom. The van der Waals surface area contributed by atoms with Gasteiger partial charge in [-0.25, -0.2) is 4.98 Å². The number of hydrogen-bond donors (Lipinski definition) is 1. The quantitative estimate of drug-likeness (QED) is 0.864. The molecule has 0 aliphatic heterocycles. The van der Waals surface area contributed by atoms with E-state index in [4.69, 9.17) is 0 Å². The topological polar surface area (TPSA) is 45.8 Å². The van der Waals surface area contributed by atoms with Crippen molar-refractivity contribution in [3.63, 3.8) is 0 Å². The fourth-order valence-electron chi connectivity index (χ4n) is 1.63. The summed E-state index contributed by atoms with van der Waals surface area (Å²) < 4.78 is 1.47. The van der Waals surface area contributed by atoms with Gasteiger partial charge in [-0.05, 0) is 34.0 Å². The molecule has 0 amide bonds. The van der Waals surface area contributed by atoms with Gasteiger partial charge in [0.25, 0.3) is 5.56 Å². The second-order valence-electron chi connectivity index (χ2n) is 4.28. The molecule has 3 nitrogen and oxygen atoms in total. The van der Waals surface area contributed by atoms with Crippen LogP contribution in [0, 0.1) is 0 Å². The number of H-pyrrole nitrogens is 1. The van der Waals surface area contributed by atoms with Crippen LogP contribution in [0.25, 0.3) is 11.4 Å². The van der Waals surface area contributed by atoms with Crippen molar-refractivity contribution in [2.75, 3.05) is 0 Å². The first-order chi connectivity index (χ1) is 8.49. The Kier molecular flexibility index (Phi) is 4.02. The van der Waals surface area contributed by atoms with Crippen molar-refractivity contribution in [2.45, 2.75) is 19.8 Å². The monoisotopic (exact) mass is 370 g/mol. The van der Waals surface area contributed by atoms with Gasteiger partial charge in [0.2, 0.25) is 0 Å². The Morgan fingerprint density at radius 2 is 2.00 bits per heavy atom. The molecule has 0 aliphatic carbocycles. The number of nitrogens with zero attached hydrogens (tertiary/aromatic N) is 1. The van der Waals surface area contributed by atoms with E-state index in [9.17, 15) is 4.79 Å². The lowest BCUT2D eigenvalue weighted by Crippen LogP contribution is -2.14. The van der Waals surface area contributed by atoms with Crippen molar-refractivity contribution in [2.24, 2.45) is 0 Å². The first-order valence-corrected chi connectivity index (χ1v) is 7.13. The highest BCUT2D eigenvalue weighted by Crippen LogP contribution is 2.23. The Hall–Kier alpha value is -0.940. The van der Waals surface area contributed by atoms with Crippen LogP contribution in [0.2, 0.25) is 0 Å². The lowest BCUT2D eigenvalue weighted by molar-refractivity contribution is 0.803. The number of nitrogens with one attached hydrogen (secondary N) is 1. The van der Waals surface area contributed by atoms with Crippen molar-refractivity contribution in [3.8, 4) is 11.4 Å². The normalized spacial score (nSPS) is 10.9. The second kappa shape index (κ2) is 5.36. The van der Waals surface area contributed by atoms with Crippen LogP contribution < -0.4 is 5.56 Å². The molecule has 94 valence electrons. The predicted molar refractivity (Wildman–Crippen MR) is 79.8 cm³/mol. The van der Waals surface area contributed by atoms with Gasteiger partial charge in [-0.3, -0.25) is 4.79 Å². The first-order valence-electron chi connectivity index (χ1n) is 5.54. The molecular weight excluding hydrogens is 360 g/mol. The van der Waals surface area contributed by atoms with Crippen LogP contribution in [0.5, 0.6) is 0 Å². The second-order valence-corrected chi connectivity index (χ2v) is 5.99. The lowest BCUT2D eigenvalue weighted by Gasteiger charge is -2.09.